The largest absolute Gasteiger partial charge is 0.326 e. The lowest BCUT2D eigenvalue weighted by molar-refractivity contribution is -0.117. The van der Waals surface area contributed by atoms with E-state index in [-0.39, 0.29) is 28.8 Å². The number of sulfonamides is 1. The van der Waals surface area contributed by atoms with E-state index in [4.69, 9.17) is 0 Å². The van der Waals surface area contributed by atoms with Gasteiger partial charge in [-0.15, -0.1) is 0 Å². The standard InChI is InChI=1S/C24H22FN3O4S/c25-21-7-1-2-8-22(21)27-33(31,32)20-6-3-5-18(16-20)26-23(29)15-17-10-12-19(13-11-17)28-14-4-9-24(28)30/h1-3,5-8,10-13,16,27H,4,9,14-15H2,(H,26,29). The molecule has 1 saturated heterocycles. The molecule has 9 heteroatoms. The maximum atomic E-state index is 13.8. The minimum absolute atomic E-state index is 0.0820. The van der Waals surface area contributed by atoms with Crippen LogP contribution in [0.15, 0.2) is 77.7 Å². The Morgan fingerprint density at radius 1 is 1.00 bits per heavy atom. The summed E-state index contributed by atoms with van der Waals surface area (Å²) < 4.78 is 41.3. The van der Waals surface area contributed by atoms with E-state index in [2.05, 4.69) is 10.0 Å². The van der Waals surface area contributed by atoms with E-state index in [1.807, 2.05) is 12.1 Å². The smallest absolute Gasteiger partial charge is 0.262 e. The van der Waals surface area contributed by atoms with Crippen molar-refractivity contribution in [3.8, 4) is 0 Å². The van der Waals surface area contributed by atoms with Crippen LogP contribution in [-0.4, -0.2) is 26.8 Å². The third-order valence-electron chi connectivity index (χ3n) is 5.23. The molecule has 0 bridgehead atoms. The van der Waals surface area contributed by atoms with Gasteiger partial charge in [-0.1, -0.05) is 30.3 Å². The molecule has 4 rings (SSSR count). The molecule has 0 radical (unpaired) electrons. The van der Waals surface area contributed by atoms with Gasteiger partial charge in [0, 0.05) is 24.3 Å². The Morgan fingerprint density at radius 3 is 2.45 bits per heavy atom. The molecule has 7 nitrogen and oxygen atoms in total. The fourth-order valence-corrected chi connectivity index (χ4v) is 4.71. The number of nitrogens with zero attached hydrogens (tertiary/aromatic N) is 1. The summed E-state index contributed by atoms with van der Waals surface area (Å²) >= 11 is 0. The molecule has 3 aromatic carbocycles. The van der Waals surface area contributed by atoms with Crippen LogP contribution in [0, 0.1) is 5.82 Å². The number of para-hydroxylation sites is 1. The number of nitrogens with one attached hydrogen (secondary N) is 2. The molecule has 2 N–H and O–H groups in total. The second-order valence-electron chi connectivity index (χ2n) is 7.65. The highest BCUT2D eigenvalue weighted by atomic mass is 32.2. The summed E-state index contributed by atoms with van der Waals surface area (Å²) in [7, 11) is -4.04. The molecule has 0 saturated carbocycles. The van der Waals surface area contributed by atoms with Crippen molar-refractivity contribution in [1.82, 2.24) is 0 Å². The normalized spacial score (nSPS) is 13.7. The predicted octanol–water partition coefficient (Wildman–Crippen LogP) is 3.93. The number of benzene rings is 3. The van der Waals surface area contributed by atoms with E-state index < -0.39 is 15.8 Å². The van der Waals surface area contributed by atoms with Gasteiger partial charge in [-0.2, -0.15) is 0 Å². The number of rotatable bonds is 7. The zero-order valence-corrected chi connectivity index (χ0v) is 18.4. The first-order valence-electron chi connectivity index (χ1n) is 10.4. The molecule has 1 aliphatic rings. The summed E-state index contributed by atoms with van der Waals surface area (Å²) in [5, 5.41) is 2.69. The van der Waals surface area contributed by atoms with Crippen molar-refractivity contribution in [3.63, 3.8) is 0 Å². The molecule has 0 atom stereocenters. The van der Waals surface area contributed by atoms with E-state index in [9.17, 15) is 22.4 Å². The van der Waals surface area contributed by atoms with E-state index >= 15 is 0 Å². The van der Waals surface area contributed by atoms with Crippen LogP contribution in [0.2, 0.25) is 0 Å². The van der Waals surface area contributed by atoms with Crippen LogP contribution in [0.25, 0.3) is 0 Å². The van der Waals surface area contributed by atoms with Gasteiger partial charge >= 0.3 is 0 Å². The summed E-state index contributed by atoms with van der Waals surface area (Å²) in [6.07, 6.45) is 1.47. The fraction of sp³-hybridized carbons (Fsp3) is 0.167. The van der Waals surface area contributed by atoms with Crippen molar-refractivity contribution >= 4 is 38.9 Å². The molecule has 1 fully saturated rings. The van der Waals surface area contributed by atoms with Crippen LogP contribution in [0.5, 0.6) is 0 Å². The lowest BCUT2D eigenvalue weighted by Gasteiger charge is -2.16. The first kappa shape index (κ1) is 22.5. The predicted molar refractivity (Wildman–Crippen MR) is 124 cm³/mol. The number of hydrogen-bond acceptors (Lipinski definition) is 4. The van der Waals surface area contributed by atoms with Gasteiger partial charge in [-0.3, -0.25) is 14.3 Å². The van der Waals surface area contributed by atoms with E-state index in [0.29, 0.717) is 18.7 Å². The molecule has 3 aromatic rings. The molecular formula is C24H22FN3O4S. The van der Waals surface area contributed by atoms with E-state index in [1.54, 1.807) is 23.1 Å². The zero-order chi connectivity index (χ0) is 23.4. The Balaban J connectivity index is 1.41. The Kier molecular flexibility index (Phi) is 6.41. The maximum absolute atomic E-state index is 13.8. The summed E-state index contributed by atoms with van der Waals surface area (Å²) in [5.41, 5.74) is 1.71. The Labute approximate surface area is 191 Å². The Hall–Kier alpha value is -3.72. The Morgan fingerprint density at radius 2 is 1.76 bits per heavy atom. The van der Waals surface area contributed by atoms with E-state index in [0.717, 1.165) is 23.7 Å². The average Bonchev–Trinajstić information content (AvgIpc) is 3.22. The second kappa shape index (κ2) is 9.41. The van der Waals surface area contributed by atoms with Crippen molar-refractivity contribution in [2.75, 3.05) is 21.5 Å². The summed E-state index contributed by atoms with van der Waals surface area (Å²) in [5.74, 6) is -0.915. The lowest BCUT2D eigenvalue weighted by Crippen LogP contribution is -2.23. The number of hydrogen-bond donors (Lipinski definition) is 2. The van der Waals surface area contributed by atoms with Crippen LogP contribution in [0.4, 0.5) is 21.5 Å². The van der Waals surface area contributed by atoms with Crippen molar-refractivity contribution in [3.05, 3.63) is 84.2 Å². The Bertz CT molecular complexity index is 1290. The third-order valence-corrected chi connectivity index (χ3v) is 6.60. The first-order valence-corrected chi connectivity index (χ1v) is 11.9. The first-order chi connectivity index (χ1) is 15.8. The highest BCUT2D eigenvalue weighted by Gasteiger charge is 2.21. The number of carbonyl (C=O) groups excluding carboxylic acids is 2. The highest BCUT2D eigenvalue weighted by molar-refractivity contribution is 7.92. The fourth-order valence-electron chi connectivity index (χ4n) is 3.59. The zero-order valence-electron chi connectivity index (χ0n) is 17.6. The van der Waals surface area contributed by atoms with Crippen LogP contribution >= 0.6 is 0 Å². The highest BCUT2D eigenvalue weighted by Crippen LogP contribution is 2.23. The van der Waals surface area contributed by atoms with Gasteiger partial charge in [0.15, 0.2) is 0 Å². The van der Waals surface area contributed by atoms with Crippen molar-refractivity contribution in [1.29, 1.82) is 0 Å². The minimum Gasteiger partial charge on any atom is -0.326 e. The van der Waals surface area contributed by atoms with Crippen molar-refractivity contribution < 1.29 is 22.4 Å². The van der Waals surface area contributed by atoms with Crippen molar-refractivity contribution in [2.24, 2.45) is 0 Å². The van der Waals surface area contributed by atoms with Gasteiger partial charge in [0.2, 0.25) is 11.8 Å². The minimum atomic E-state index is -4.04. The second-order valence-corrected chi connectivity index (χ2v) is 9.34. The van der Waals surface area contributed by atoms with Gasteiger partial charge in [-0.25, -0.2) is 12.8 Å². The van der Waals surface area contributed by atoms with E-state index in [1.165, 1.54) is 36.4 Å². The van der Waals surface area contributed by atoms with Gasteiger partial charge in [-0.05, 0) is 54.4 Å². The molecule has 170 valence electrons. The topological polar surface area (TPSA) is 95.6 Å². The van der Waals surface area contributed by atoms with Gasteiger partial charge in [0.25, 0.3) is 10.0 Å². The lowest BCUT2D eigenvalue weighted by atomic mass is 10.1. The summed E-state index contributed by atoms with van der Waals surface area (Å²) in [6, 6.07) is 18.4. The number of halogens is 1. The summed E-state index contributed by atoms with van der Waals surface area (Å²) in [4.78, 5) is 26.0. The van der Waals surface area contributed by atoms with Crippen LogP contribution < -0.4 is 14.9 Å². The third kappa shape index (κ3) is 5.38. The number of anilines is 3. The molecule has 0 unspecified atom stereocenters. The molecule has 33 heavy (non-hydrogen) atoms. The van der Waals surface area contributed by atoms with Gasteiger partial charge < -0.3 is 10.2 Å². The monoisotopic (exact) mass is 467 g/mol. The molecule has 1 aliphatic heterocycles. The van der Waals surface area contributed by atoms with Gasteiger partial charge in [0.1, 0.15) is 5.82 Å². The molecule has 0 aromatic heterocycles. The van der Waals surface area contributed by atoms with Gasteiger partial charge in [0.05, 0.1) is 17.0 Å². The summed E-state index contributed by atoms with van der Waals surface area (Å²) in [6.45, 7) is 0.698. The molecular weight excluding hydrogens is 445 g/mol. The number of amides is 2. The molecule has 2 amide bonds. The SMILES string of the molecule is O=C(Cc1ccc(N2CCCC2=O)cc1)Nc1cccc(S(=O)(=O)Nc2ccccc2F)c1. The van der Waals surface area contributed by atoms with Crippen LogP contribution in [0.3, 0.4) is 0 Å². The number of carbonyl (C=O) groups is 2. The maximum Gasteiger partial charge on any atom is 0.262 e. The molecule has 0 aliphatic carbocycles. The van der Waals surface area contributed by atoms with Crippen LogP contribution in [-0.2, 0) is 26.0 Å². The van der Waals surface area contributed by atoms with Crippen LogP contribution in [0.1, 0.15) is 18.4 Å². The average molecular weight is 468 g/mol. The quantitative estimate of drug-likeness (QED) is 0.550. The molecule has 0 spiro atoms. The van der Waals surface area contributed by atoms with Crippen molar-refractivity contribution in [2.45, 2.75) is 24.2 Å². The molecule has 1 heterocycles.